The van der Waals surface area contributed by atoms with Gasteiger partial charge in [0.25, 0.3) is 0 Å². The Morgan fingerprint density at radius 1 is 1.23 bits per heavy atom. The van der Waals surface area contributed by atoms with E-state index in [2.05, 4.69) is 24.1 Å². The van der Waals surface area contributed by atoms with Crippen LogP contribution < -0.4 is 16.0 Å². The standard InChI is InChI=1S/C17H28FN3O/c1-13-11-21(12-14(2)22-13)17-10-15(18)6-7-16(17)20-9-5-3-4-8-19/h6-7,10,13-14,20H,3-5,8-9,11-12,19H2,1-2H3/t13-,14+. The number of benzene rings is 1. The molecule has 1 aliphatic rings. The predicted molar refractivity (Wildman–Crippen MR) is 90.0 cm³/mol. The van der Waals surface area contributed by atoms with Gasteiger partial charge in [0.15, 0.2) is 0 Å². The van der Waals surface area contributed by atoms with Crippen molar-refractivity contribution in [2.75, 3.05) is 36.4 Å². The van der Waals surface area contributed by atoms with Crippen LogP contribution in [0.3, 0.4) is 0 Å². The average Bonchev–Trinajstić information content (AvgIpc) is 2.47. The monoisotopic (exact) mass is 309 g/mol. The molecule has 1 aliphatic heterocycles. The van der Waals surface area contributed by atoms with Crippen LogP contribution in [0.2, 0.25) is 0 Å². The van der Waals surface area contributed by atoms with Gasteiger partial charge in [-0.3, -0.25) is 0 Å². The van der Waals surface area contributed by atoms with E-state index >= 15 is 0 Å². The highest BCUT2D eigenvalue weighted by molar-refractivity contribution is 5.70. The number of nitrogens with two attached hydrogens (primary N) is 1. The first-order valence-electron chi connectivity index (χ1n) is 8.24. The minimum atomic E-state index is -0.199. The van der Waals surface area contributed by atoms with E-state index in [9.17, 15) is 4.39 Å². The van der Waals surface area contributed by atoms with Crippen molar-refractivity contribution in [3.8, 4) is 0 Å². The summed E-state index contributed by atoms with van der Waals surface area (Å²) >= 11 is 0. The highest BCUT2D eigenvalue weighted by Gasteiger charge is 2.24. The van der Waals surface area contributed by atoms with Crippen LogP contribution >= 0.6 is 0 Å². The Kier molecular flexibility index (Phi) is 6.46. The number of hydrogen-bond acceptors (Lipinski definition) is 4. The van der Waals surface area contributed by atoms with Crippen molar-refractivity contribution in [3.05, 3.63) is 24.0 Å². The van der Waals surface area contributed by atoms with E-state index in [4.69, 9.17) is 10.5 Å². The smallest absolute Gasteiger partial charge is 0.125 e. The molecule has 22 heavy (non-hydrogen) atoms. The summed E-state index contributed by atoms with van der Waals surface area (Å²) in [6.45, 7) is 7.31. The fraction of sp³-hybridized carbons (Fsp3) is 0.647. The van der Waals surface area contributed by atoms with Crippen molar-refractivity contribution in [2.24, 2.45) is 5.73 Å². The third kappa shape index (κ3) is 4.85. The van der Waals surface area contributed by atoms with Crippen LogP contribution in [0.4, 0.5) is 15.8 Å². The van der Waals surface area contributed by atoms with Gasteiger partial charge in [0.1, 0.15) is 5.82 Å². The molecule has 0 radical (unpaired) electrons. The van der Waals surface area contributed by atoms with Gasteiger partial charge in [0.2, 0.25) is 0 Å². The lowest BCUT2D eigenvalue weighted by atomic mass is 10.1. The molecule has 1 saturated heterocycles. The summed E-state index contributed by atoms with van der Waals surface area (Å²) in [5, 5.41) is 3.44. The Morgan fingerprint density at radius 2 is 1.95 bits per heavy atom. The van der Waals surface area contributed by atoms with Crippen LogP contribution in [0.5, 0.6) is 0 Å². The topological polar surface area (TPSA) is 50.5 Å². The molecule has 0 spiro atoms. The molecule has 2 rings (SSSR count). The van der Waals surface area contributed by atoms with Crippen molar-refractivity contribution >= 4 is 11.4 Å². The number of nitrogens with zero attached hydrogens (tertiary/aromatic N) is 1. The summed E-state index contributed by atoms with van der Waals surface area (Å²) in [6, 6.07) is 4.96. The molecule has 1 heterocycles. The Labute approximate surface area is 132 Å². The number of rotatable bonds is 7. The maximum absolute atomic E-state index is 13.7. The lowest BCUT2D eigenvalue weighted by Crippen LogP contribution is -2.45. The van der Waals surface area contributed by atoms with E-state index in [-0.39, 0.29) is 18.0 Å². The number of unbranched alkanes of at least 4 members (excludes halogenated alkanes) is 2. The zero-order chi connectivity index (χ0) is 15.9. The molecule has 0 aliphatic carbocycles. The first-order valence-corrected chi connectivity index (χ1v) is 8.24. The molecule has 1 aromatic carbocycles. The van der Waals surface area contributed by atoms with E-state index in [1.54, 1.807) is 6.07 Å². The van der Waals surface area contributed by atoms with Crippen molar-refractivity contribution < 1.29 is 9.13 Å². The zero-order valence-corrected chi connectivity index (χ0v) is 13.6. The van der Waals surface area contributed by atoms with Crippen molar-refractivity contribution in [1.29, 1.82) is 0 Å². The molecule has 5 heteroatoms. The minimum Gasteiger partial charge on any atom is -0.383 e. The van der Waals surface area contributed by atoms with Crippen LogP contribution in [0.15, 0.2) is 18.2 Å². The van der Waals surface area contributed by atoms with E-state index < -0.39 is 0 Å². The van der Waals surface area contributed by atoms with Gasteiger partial charge in [-0.1, -0.05) is 6.42 Å². The molecular weight excluding hydrogens is 281 g/mol. The van der Waals surface area contributed by atoms with Crippen molar-refractivity contribution in [2.45, 2.75) is 45.3 Å². The lowest BCUT2D eigenvalue weighted by Gasteiger charge is -2.37. The van der Waals surface area contributed by atoms with Crippen LogP contribution in [-0.2, 0) is 4.74 Å². The number of ether oxygens (including phenoxy) is 1. The number of nitrogens with one attached hydrogen (secondary N) is 1. The van der Waals surface area contributed by atoms with Gasteiger partial charge >= 0.3 is 0 Å². The molecule has 124 valence electrons. The Hall–Kier alpha value is -1.33. The Bertz CT molecular complexity index is 459. The van der Waals surface area contributed by atoms with Gasteiger partial charge in [0, 0.05) is 19.6 Å². The second-order valence-electron chi connectivity index (χ2n) is 6.10. The van der Waals surface area contributed by atoms with E-state index in [1.165, 1.54) is 6.07 Å². The van der Waals surface area contributed by atoms with Crippen molar-refractivity contribution in [3.63, 3.8) is 0 Å². The Balaban J connectivity index is 2.03. The molecule has 0 aromatic heterocycles. The van der Waals surface area contributed by atoms with E-state index in [0.29, 0.717) is 0 Å². The van der Waals surface area contributed by atoms with Gasteiger partial charge in [-0.2, -0.15) is 0 Å². The van der Waals surface area contributed by atoms with Gasteiger partial charge < -0.3 is 20.7 Å². The van der Waals surface area contributed by atoms with Crippen LogP contribution in [0.1, 0.15) is 33.1 Å². The fourth-order valence-electron chi connectivity index (χ4n) is 2.96. The summed E-state index contributed by atoms with van der Waals surface area (Å²) in [5.74, 6) is -0.199. The fourth-order valence-corrected chi connectivity index (χ4v) is 2.96. The summed E-state index contributed by atoms with van der Waals surface area (Å²) in [6.07, 6.45) is 3.56. The molecule has 1 aromatic rings. The van der Waals surface area contributed by atoms with Gasteiger partial charge in [-0.25, -0.2) is 4.39 Å². The molecule has 0 saturated carbocycles. The molecule has 0 amide bonds. The SMILES string of the molecule is C[C@@H]1CN(c2cc(F)ccc2NCCCCCN)C[C@H](C)O1. The predicted octanol–water partition coefficient (Wildman–Crippen LogP) is 2.98. The summed E-state index contributed by atoms with van der Waals surface area (Å²) < 4.78 is 19.5. The molecule has 0 unspecified atom stereocenters. The van der Waals surface area contributed by atoms with Crippen molar-refractivity contribution in [1.82, 2.24) is 0 Å². The average molecular weight is 309 g/mol. The number of halogens is 1. The summed E-state index contributed by atoms with van der Waals surface area (Å²) in [5.41, 5.74) is 7.43. The summed E-state index contributed by atoms with van der Waals surface area (Å²) in [4.78, 5) is 2.21. The third-order valence-electron chi connectivity index (χ3n) is 3.92. The minimum absolute atomic E-state index is 0.157. The van der Waals surface area contributed by atoms with Gasteiger partial charge in [-0.05, 0) is 51.4 Å². The molecule has 0 bridgehead atoms. The maximum atomic E-state index is 13.7. The largest absolute Gasteiger partial charge is 0.383 e. The normalized spacial score (nSPS) is 21.9. The van der Waals surface area contributed by atoms with Crippen LogP contribution in [-0.4, -0.2) is 38.4 Å². The first-order chi connectivity index (χ1) is 10.6. The second kappa shape index (κ2) is 8.34. The third-order valence-corrected chi connectivity index (χ3v) is 3.92. The van der Waals surface area contributed by atoms with Gasteiger partial charge in [0.05, 0.1) is 23.6 Å². The molecule has 3 N–H and O–H groups in total. The number of morpholine rings is 1. The molecule has 4 nitrogen and oxygen atoms in total. The quantitative estimate of drug-likeness (QED) is 0.760. The van der Waals surface area contributed by atoms with Crippen LogP contribution in [0, 0.1) is 5.82 Å². The lowest BCUT2D eigenvalue weighted by molar-refractivity contribution is -0.00519. The van der Waals surface area contributed by atoms with E-state index in [0.717, 1.165) is 56.8 Å². The molecule has 1 fully saturated rings. The Morgan fingerprint density at radius 3 is 2.64 bits per heavy atom. The number of hydrogen-bond donors (Lipinski definition) is 2. The maximum Gasteiger partial charge on any atom is 0.125 e. The molecular formula is C17H28FN3O. The first kappa shape index (κ1) is 17.0. The van der Waals surface area contributed by atoms with Crippen LogP contribution in [0.25, 0.3) is 0 Å². The van der Waals surface area contributed by atoms with Gasteiger partial charge in [-0.15, -0.1) is 0 Å². The number of anilines is 2. The highest BCUT2D eigenvalue weighted by Crippen LogP contribution is 2.29. The zero-order valence-electron chi connectivity index (χ0n) is 13.6. The van der Waals surface area contributed by atoms with E-state index in [1.807, 2.05) is 6.07 Å². The highest BCUT2D eigenvalue weighted by atomic mass is 19.1. The molecule has 2 atom stereocenters. The second-order valence-corrected chi connectivity index (χ2v) is 6.10. The summed E-state index contributed by atoms with van der Waals surface area (Å²) in [7, 11) is 0.